The fourth-order valence-electron chi connectivity index (χ4n) is 2.72. The first-order valence-electron chi connectivity index (χ1n) is 7.52. The predicted molar refractivity (Wildman–Crippen MR) is 82.2 cm³/mol. The molecule has 0 spiro atoms. The highest BCUT2D eigenvalue weighted by molar-refractivity contribution is 5.75. The van der Waals surface area contributed by atoms with Crippen LogP contribution < -0.4 is 0 Å². The molecule has 1 saturated heterocycles. The molecule has 0 saturated carbocycles. The maximum atomic E-state index is 5.68. The van der Waals surface area contributed by atoms with E-state index in [2.05, 4.69) is 41.8 Å². The van der Waals surface area contributed by atoms with Gasteiger partial charge in [-0.2, -0.15) is 0 Å². The molecule has 2 heterocycles. The molecule has 1 unspecified atom stereocenters. The van der Waals surface area contributed by atoms with Crippen LogP contribution in [0.15, 0.2) is 24.3 Å². The number of benzene rings is 1. The number of hydrogen-bond donors (Lipinski definition) is 0. The van der Waals surface area contributed by atoms with Crippen LogP contribution in [0.4, 0.5) is 0 Å². The Hall–Kier alpha value is -1.43. The van der Waals surface area contributed by atoms with Crippen molar-refractivity contribution in [3.05, 3.63) is 30.1 Å². The Balaban J connectivity index is 1.58. The summed E-state index contributed by atoms with van der Waals surface area (Å²) in [5, 5.41) is 0. The third-order valence-corrected chi connectivity index (χ3v) is 4.01. The largest absolute Gasteiger partial charge is 0.376 e. The van der Waals surface area contributed by atoms with Gasteiger partial charge < -0.3 is 14.0 Å². The highest BCUT2D eigenvalue weighted by Gasteiger charge is 2.16. The van der Waals surface area contributed by atoms with Crippen molar-refractivity contribution >= 4 is 11.0 Å². The molecule has 1 aliphatic heterocycles. The van der Waals surface area contributed by atoms with E-state index in [1.165, 1.54) is 5.52 Å². The van der Waals surface area contributed by atoms with Crippen LogP contribution in [0.1, 0.15) is 12.2 Å². The van der Waals surface area contributed by atoms with Gasteiger partial charge in [-0.15, -0.1) is 0 Å². The standard InChI is InChI=1S/C16H23N3O2/c1-18(8-7-13-12-20-9-10-21-13)11-16-17-14-5-3-4-6-15(14)19(16)2/h3-6,13H,7-12H2,1-2H3. The molecule has 5 nitrogen and oxygen atoms in total. The topological polar surface area (TPSA) is 39.5 Å². The van der Waals surface area contributed by atoms with Crippen molar-refractivity contribution in [2.45, 2.75) is 19.1 Å². The van der Waals surface area contributed by atoms with Gasteiger partial charge in [0, 0.05) is 13.6 Å². The van der Waals surface area contributed by atoms with Crippen molar-refractivity contribution in [2.75, 3.05) is 33.4 Å². The Bertz CT molecular complexity index is 590. The molecule has 3 rings (SSSR count). The van der Waals surface area contributed by atoms with E-state index >= 15 is 0 Å². The Kier molecular flexibility index (Phi) is 4.53. The third-order valence-electron chi connectivity index (χ3n) is 4.01. The van der Waals surface area contributed by atoms with Crippen LogP contribution in [0, 0.1) is 0 Å². The minimum atomic E-state index is 0.238. The van der Waals surface area contributed by atoms with Gasteiger partial charge in [0.05, 0.1) is 43.5 Å². The van der Waals surface area contributed by atoms with Crippen molar-refractivity contribution in [1.29, 1.82) is 0 Å². The molecule has 0 N–H and O–H groups in total. The number of imidazole rings is 1. The van der Waals surface area contributed by atoms with Crippen LogP contribution in [0.3, 0.4) is 0 Å². The number of hydrogen-bond acceptors (Lipinski definition) is 4. The fourth-order valence-corrected chi connectivity index (χ4v) is 2.72. The van der Waals surface area contributed by atoms with Gasteiger partial charge in [0.2, 0.25) is 0 Å². The van der Waals surface area contributed by atoms with Crippen LogP contribution in [-0.2, 0) is 23.1 Å². The Morgan fingerprint density at radius 3 is 2.95 bits per heavy atom. The van der Waals surface area contributed by atoms with Crippen LogP contribution in [-0.4, -0.2) is 54.0 Å². The molecule has 1 atom stereocenters. The second-order valence-corrected chi connectivity index (χ2v) is 5.67. The van der Waals surface area contributed by atoms with Gasteiger partial charge in [-0.3, -0.25) is 4.90 Å². The monoisotopic (exact) mass is 289 g/mol. The van der Waals surface area contributed by atoms with Crippen LogP contribution >= 0.6 is 0 Å². The lowest BCUT2D eigenvalue weighted by molar-refractivity contribution is -0.0924. The summed E-state index contributed by atoms with van der Waals surface area (Å²) in [6.45, 7) is 4.00. The van der Waals surface area contributed by atoms with Crippen LogP contribution in [0.2, 0.25) is 0 Å². The molecule has 0 aliphatic carbocycles. The molecule has 1 aromatic heterocycles. The zero-order chi connectivity index (χ0) is 14.7. The van der Waals surface area contributed by atoms with E-state index in [1.807, 2.05) is 6.07 Å². The molecule has 1 aliphatic rings. The second-order valence-electron chi connectivity index (χ2n) is 5.67. The molecule has 1 aromatic carbocycles. The number of rotatable bonds is 5. The Morgan fingerprint density at radius 1 is 1.33 bits per heavy atom. The van der Waals surface area contributed by atoms with Gasteiger partial charge >= 0.3 is 0 Å². The lowest BCUT2D eigenvalue weighted by Crippen LogP contribution is -2.32. The second kappa shape index (κ2) is 6.56. The molecule has 0 radical (unpaired) electrons. The van der Waals surface area contributed by atoms with Gasteiger partial charge in [0.25, 0.3) is 0 Å². The number of para-hydroxylation sites is 2. The molecule has 5 heteroatoms. The zero-order valence-electron chi connectivity index (χ0n) is 12.8. The Labute approximate surface area is 125 Å². The smallest absolute Gasteiger partial charge is 0.123 e. The first-order chi connectivity index (χ1) is 10.2. The summed E-state index contributed by atoms with van der Waals surface area (Å²) in [5.41, 5.74) is 2.25. The van der Waals surface area contributed by atoms with Crippen molar-refractivity contribution < 1.29 is 9.47 Å². The SMILES string of the molecule is CN(CCC1COCCO1)Cc1nc2ccccc2n1C. The lowest BCUT2D eigenvalue weighted by Gasteiger charge is -2.25. The maximum Gasteiger partial charge on any atom is 0.123 e. The van der Waals surface area contributed by atoms with Gasteiger partial charge in [0.15, 0.2) is 0 Å². The van der Waals surface area contributed by atoms with E-state index < -0.39 is 0 Å². The average molecular weight is 289 g/mol. The third kappa shape index (κ3) is 3.43. The molecule has 114 valence electrons. The van der Waals surface area contributed by atoms with Crippen molar-refractivity contribution in [1.82, 2.24) is 14.5 Å². The normalized spacial score (nSPS) is 19.5. The van der Waals surface area contributed by atoms with Crippen LogP contribution in [0.25, 0.3) is 11.0 Å². The fraction of sp³-hybridized carbons (Fsp3) is 0.562. The number of nitrogens with zero attached hydrogens (tertiary/aromatic N) is 3. The summed E-state index contributed by atoms with van der Waals surface area (Å²) >= 11 is 0. The first kappa shape index (κ1) is 14.5. The average Bonchev–Trinajstić information content (AvgIpc) is 2.83. The van der Waals surface area contributed by atoms with Gasteiger partial charge in [-0.1, -0.05) is 12.1 Å². The highest BCUT2D eigenvalue weighted by Crippen LogP contribution is 2.15. The van der Waals surface area contributed by atoms with E-state index in [0.29, 0.717) is 0 Å². The molecule has 2 aromatic rings. The molecule has 21 heavy (non-hydrogen) atoms. The van der Waals surface area contributed by atoms with E-state index in [-0.39, 0.29) is 6.10 Å². The van der Waals surface area contributed by atoms with E-state index in [4.69, 9.17) is 14.5 Å². The van der Waals surface area contributed by atoms with Gasteiger partial charge in [-0.25, -0.2) is 4.98 Å². The quantitative estimate of drug-likeness (QED) is 0.841. The van der Waals surface area contributed by atoms with E-state index in [9.17, 15) is 0 Å². The van der Waals surface area contributed by atoms with Gasteiger partial charge in [-0.05, 0) is 25.6 Å². The van der Waals surface area contributed by atoms with E-state index in [1.54, 1.807) is 0 Å². The molecular formula is C16H23N3O2. The summed E-state index contributed by atoms with van der Waals surface area (Å²) in [5.74, 6) is 1.10. The molecule has 1 fully saturated rings. The summed E-state index contributed by atoms with van der Waals surface area (Å²) in [6, 6.07) is 8.26. The predicted octanol–water partition coefficient (Wildman–Crippen LogP) is 1.81. The summed E-state index contributed by atoms with van der Waals surface area (Å²) < 4.78 is 13.3. The Morgan fingerprint density at radius 2 is 2.19 bits per heavy atom. The number of ether oxygens (including phenoxy) is 2. The van der Waals surface area contributed by atoms with Crippen molar-refractivity contribution in [2.24, 2.45) is 7.05 Å². The van der Waals surface area contributed by atoms with Gasteiger partial charge in [0.1, 0.15) is 5.82 Å². The van der Waals surface area contributed by atoms with Crippen molar-refractivity contribution in [3.8, 4) is 0 Å². The lowest BCUT2D eigenvalue weighted by atomic mass is 10.2. The van der Waals surface area contributed by atoms with Crippen molar-refractivity contribution in [3.63, 3.8) is 0 Å². The number of fused-ring (bicyclic) bond motifs is 1. The van der Waals surface area contributed by atoms with E-state index in [0.717, 1.165) is 50.7 Å². The summed E-state index contributed by atoms with van der Waals surface area (Å²) in [7, 11) is 4.21. The minimum Gasteiger partial charge on any atom is -0.376 e. The number of aryl methyl sites for hydroxylation is 1. The number of aromatic nitrogens is 2. The first-order valence-corrected chi connectivity index (χ1v) is 7.52. The highest BCUT2D eigenvalue weighted by atomic mass is 16.6. The molecule has 0 bridgehead atoms. The molecular weight excluding hydrogens is 266 g/mol. The summed E-state index contributed by atoms with van der Waals surface area (Å²) in [6.07, 6.45) is 1.24. The van der Waals surface area contributed by atoms with Crippen LogP contribution in [0.5, 0.6) is 0 Å². The maximum absolute atomic E-state index is 5.68. The minimum absolute atomic E-state index is 0.238. The zero-order valence-corrected chi connectivity index (χ0v) is 12.8. The summed E-state index contributed by atoms with van der Waals surface area (Å²) in [4.78, 5) is 7.00. The molecule has 0 amide bonds.